The molecule has 0 spiro atoms. The summed E-state index contributed by atoms with van der Waals surface area (Å²) in [4.78, 5) is 16.4. The molecule has 110 valence electrons. The van der Waals surface area contributed by atoms with Crippen molar-refractivity contribution in [1.29, 1.82) is 0 Å². The van der Waals surface area contributed by atoms with Crippen LogP contribution in [0.5, 0.6) is 0 Å². The number of carbonyl (C=O) groups is 1. The predicted molar refractivity (Wildman–Crippen MR) is 75.9 cm³/mol. The van der Waals surface area contributed by atoms with E-state index in [-0.39, 0.29) is 0 Å². The number of thiophene rings is 1. The second-order valence-corrected chi connectivity index (χ2v) is 5.86. The molecule has 6 heteroatoms. The van der Waals surface area contributed by atoms with Crippen molar-refractivity contribution in [2.45, 2.75) is 18.9 Å². The van der Waals surface area contributed by atoms with Gasteiger partial charge < -0.3 is 4.90 Å². The number of alkyl halides is 2. The van der Waals surface area contributed by atoms with Crippen LogP contribution in [0.2, 0.25) is 0 Å². The van der Waals surface area contributed by atoms with E-state index in [2.05, 4.69) is 17.5 Å². The summed E-state index contributed by atoms with van der Waals surface area (Å²) in [5.41, 5.74) is 0. The fourth-order valence-corrected chi connectivity index (χ4v) is 3.00. The van der Waals surface area contributed by atoms with E-state index < -0.39 is 11.8 Å². The van der Waals surface area contributed by atoms with Gasteiger partial charge >= 0.3 is 5.92 Å². The summed E-state index contributed by atoms with van der Waals surface area (Å²) < 4.78 is 26.7. The van der Waals surface area contributed by atoms with Gasteiger partial charge in [0.2, 0.25) is 0 Å². The Hall–Kier alpha value is -1.27. The lowest BCUT2D eigenvalue weighted by atomic mass is 10.2. The van der Waals surface area contributed by atoms with Crippen LogP contribution in [0.15, 0.2) is 30.2 Å². The summed E-state index contributed by atoms with van der Waals surface area (Å²) in [7, 11) is 0. The Labute approximate surface area is 121 Å². The average Bonchev–Trinajstić information content (AvgIpc) is 2.83. The highest BCUT2D eigenvalue weighted by atomic mass is 32.1. The second-order valence-electron chi connectivity index (χ2n) is 4.83. The summed E-state index contributed by atoms with van der Waals surface area (Å²) in [6, 6.07) is 4.06. The van der Waals surface area contributed by atoms with Crippen molar-refractivity contribution in [3.8, 4) is 0 Å². The van der Waals surface area contributed by atoms with Crippen LogP contribution in [0.25, 0.3) is 0 Å². The van der Waals surface area contributed by atoms with Gasteiger partial charge in [-0.3, -0.25) is 9.69 Å². The first kappa shape index (κ1) is 15.1. The van der Waals surface area contributed by atoms with Crippen LogP contribution in [0.4, 0.5) is 8.78 Å². The Kier molecular flexibility index (Phi) is 4.88. The van der Waals surface area contributed by atoms with Crippen molar-refractivity contribution < 1.29 is 13.6 Å². The van der Waals surface area contributed by atoms with E-state index in [0.29, 0.717) is 32.1 Å². The molecule has 0 bridgehead atoms. The third kappa shape index (κ3) is 3.64. The maximum Gasteiger partial charge on any atom is 0.342 e. The molecule has 0 atom stereocenters. The molecular weight excluding hydrogens is 282 g/mol. The zero-order valence-electron chi connectivity index (χ0n) is 11.2. The molecule has 1 aromatic heterocycles. The Bertz CT molecular complexity index is 462. The highest BCUT2D eigenvalue weighted by Crippen LogP contribution is 2.20. The summed E-state index contributed by atoms with van der Waals surface area (Å²) in [6.45, 7) is 6.01. The fraction of sp³-hybridized carbons (Fsp3) is 0.500. The number of rotatable bonds is 4. The summed E-state index contributed by atoms with van der Waals surface area (Å²) in [5, 5.41) is 2.02. The van der Waals surface area contributed by atoms with Crippen LogP contribution in [0, 0.1) is 0 Å². The first-order valence-electron chi connectivity index (χ1n) is 6.58. The minimum absolute atomic E-state index is 0.341. The van der Waals surface area contributed by atoms with Gasteiger partial charge in [-0.05, 0) is 23.9 Å². The lowest BCUT2D eigenvalue weighted by Gasteiger charge is -2.24. The highest BCUT2D eigenvalue weighted by molar-refractivity contribution is 7.09. The van der Waals surface area contributed by atoms with Gasteiger partial charge in [0, 0.05) is 37.6 Å². The molecule has 0 aromatic carbocycles. The number of amides is 1. The number of carbonyl (C=O) groups excluding carboxylic acids is 1. The zero-order chi connectivity index (χ0) is 14.6. The van der Waals surface area contributed by atoms with Crippen LogP contribution in [0.3, 0.4) is 0 Å². The topological polar surface area (TPSA) is 23.6 Å². The van der Waals surface area contributed by atoms with E-state index >= 15 is 0 Å². The SMILES string of the molecule is C=CC(F)(F)C(=O)N1CCCN(Cc2cccs2)CC1. The Morgan fingerprint density at radius 2 is 2.20 bits per heavy atom. The van der Waals surface area contributed by atoms with Gasteiger partial charge in [0.05, 0.1) is 0 Å². The van der Waals surface area contributed by atoms with Crippen LogP contribution < -0.4 is 0 Å². The lowest BCUT2D eigenvalue weighted by Crippen LogP contribution is -2.44. The molecule has 2 rings (SSSR count). The van der Waals surface area contributed by atoms with Crippen molar-refractivity contribution in [3.05, 3.63) is 35.0 Å². The molecule has 3 nitrogen and oxygen atoms in total. The Morgan fingerprint density at radius 3 is 2.85 bits per heavy atom. The van der Waals surface area contributed by atoms with E-state index in [1.165, 1.54) is 9.78 Å². The maximum absolute atomic E-state index is 13.3. The predicted octanol–water partition coefficient (Wildman–Crippen LogP) is 2.60. The Balaban J connectivity index is 1.92. The monoisotopic (exact) mass is 300 g/mol. The minimum Gasteiger partial charge on any atom is -0.336 e. The van der Waals surface area contributed by atoms with E-state index in [1.54, 1.807) is 11.3 Å². The number of hydrogen-bond acceptors (Lipinski definition) is 3. The smallest absolute Gasteiger partial charge is 0.336 e. The van der Waals surface area contributed by atoms with Gasteiger partial charge in [-0.2, -0.15) is 8.78 Å². The molecule has 0 aliphatic carbocycles. The van der Waals surface area contributed by atoms with Gasteiger partial charge in [-0.1, -0.05) is 12.6 Å². The molecule has 1 amide bonds. The number of hydrogen-bond donors (Lipinski definition) is 0. The van der Waals surface area contributed by atoms with Crippen LogP contribution in [0.1, 0.15) is 11.3 Å². The van der Waals surface area contributed by atoms with Gasteiger partial charge in [-0.25, -0.2) is 0 Å². The molecule has 1 aliphatic heterocycles. The molecule has 0 radical (unpaired) electrons. The summed E-state index contributed by atoms with van der Waals surface area (Å²) >= 11 is 1.68. The lowest BCUT2D eigenvalue weighted by molar-refractivity contribution is -0.150. The van der Waals surface area contributed by atoms with E-state index in [4.69, 9.17) is 0 Å². The molecule has 20 heavy (non-hydrogen) atoms. The van der Waals surface area contributed by atoms with Crippen molar-refractivity contribution in [3.63, 3.8) is 0 Å². The average molecular weight is 300 g/mol. The maximum atomic E-state index is 13.3. The highest BCUT2D eigenvalue weighted by Gasteiger charge is 2.39. The third-order valence-electron chi connectivity index (χ3n) is 3.38. The summed E-state index contributed by atoms with van der Waals surface area (Å²) in [6.07, 6.45) is 1.13. The van der Waals surface area contributed by atoms with Crippen LogP contribution in [-0.2, 0) is 11.3 Å². The van der Waals surface area contributed by atoms with Gasteiger partial charge in [0.25, 0.3) is 5.91 Å². The molecule has 0 saturated carbocycles. The standard InChI is InChI=1S/C14H18F2N2OS/c1-2-14(15,16)13(19)18-7-4-6-17(8-9-18)11-12-5-3-10-20-12/h2-3,5,10H,1,4,6-9,11H2. The molecule has 2 heterocycles. The molecular formula is C14H18F2N2OS. The van der Waals surface area contributed by atoms with Gasteiger partial charge in [-0.15, -0.1) is 11.3 Å². The van der Waals surface area contributed by atoms with Crippen molar-refractivity contribution >= 4 is 17.2 Å². The molecule has 1 fully saturated rings. The van der Waals surface area contributed by atoms with E-state index in [0.717, 1.165) is 13.1 Å². The van der Waals surface area contributed by atoms with E-state index in [9.17, 15) is 13.6 Å². The molecule has 0 N–H and O–H groups in total. The molecule has 1 aliphatic rings. The quantitative estimate of drug-likeness (QED) is 0.798. The number of nitrogens with zero attached hydrogens (tertiary/aromatic N) is 2. The largest absolute Gasteiger partial charge is 0.342 e. The fourth-order valence-electron chi connectivity index (χ4n) is 2.25. The van der Waals surface area contributed by atoms with Crippen LogP contribution >= 0.6 is 11.3 Å². The van der Waals surface area contributed by atoms with Gasteiger partial charge in [0.1, 0.15) is 0 Å². The first-order valence-corrected chi connectivity index (χ1v) is 7.46. The normalized spacial score (nSPS) is 17.8. The van der Waals surface area contributed by atoms with Crippen LogP contribution in [-0.4, -0.2) is 47.8 Å². The minimum atomic E-state index is -3.46. The first-order chi connectivity index (χ1) is 9.53. The second kappa shape index (κ2) is 6.45. The molecule has 0 unspecified atom stereocenters. The zero-order valence-corrected chi connectivity index (χ0v) is 12.0. The van der Waals surface area contributed by atoms with Crippen molar-refractivity contribution in [2.24, 2.45) is 0 Å². The molecule has 1 aromatic rings. The summed E-state index contributed by atoms with van der Waals surface area (Å²) in [5.74, 6) is -4.59. The van der Waals surface area contributed by atoms with Crippen molar-refractivity contribution in [2.75, 3.05) is 26.2 Å². The van der Waals surface area contributed by atoms with Crippen molar-refractivity contribution in [1.82, 2.24) is 9.80 Å². The molecule has 1 saturated heterocycles. The van der Waals surface area contributed by atoms with E-state index in [1.807, 2.05) is 11.4 Å². The Morgan fingerprint density at radius 1 is 1.40 bits per heavy atom. The van der Waals surface area contributed by atoms with Gasteiger partial charge in [0.15, 0.2) is 0 Å². The third-order valence-corrected chi connectivity index (χ3v) is 4.24. The number of halogens is 2.